The number of rotatable bonds is 9. The molecule has 1 rings (SSSR count). The van der Waals surface area contributed by atoms with E-state index in [1.54, 1.807) is 0 Å². The van der Waals surface area contributed by atoms with E-state index in [-0.39, 0.29) is 16.5 Å². The fourth-order valence-electron chi connectivity index (χ4n) is 1.63. The lowest BCUT2D eigenvalue weighted by atomic mass is 10.3. The van der Waals surface area contributed by atoms with Crippen LogP contribution in [0.1, 0.15) is 26.2 Å². The third-order valence-electron chi connectivity index (χ3n) is 2.64. The van der Waals surface area contributed by atoms with E-state index in [0.29, 0.717) is 6.42 Å². The molecular formula is C13H20ClFN2O2S. The van der Waals surface area contributed by atoms with Crippen LogP contribution < -0.4 is 10.0 Å². The van der Waals surface area contributed by atoms with Gasteiger partial charge in [-0.15, -0.1) is 0 Å². The molecule has 4 nitrogen and oxygen atoms in total. The molecule has 0 bridgehead atoms. The summed E-state index contributed by atoms with van der Waals surface area (Å²) in [7, 11) is -3.52. The van der Waals surface area contributed by atoms with Gasteiger partial charge in [-0.05, 0) is 50.6 Å². The molecule has 20 heavy (non-hydrogen) atoms. The van der Waals surface area contributed by atoms with Crippen molar-refractivity contribution in [2.24, 2.45) is 0 Å². The number of anilines is 1. The first kappa shape index (κ1) is 17.2. The molecule has 0 saturated heterocycles. The SMILES string of the molecule is CCCNCCCCS(=O)(=O)Nc1ccc(Cl)cc1F. The van der Waals surface area contributed by atoms with E-state index in [4.69, 9.17) is 11.6 Å². The first-order valence-electron chi connectivity index (χ1n) is 6.61. The molecule has 0 atom stereocenters. The highest BCUT2D eigenvalue weighted by Gasteiger charge is 2.13. The molecule has 0 saturated carbocycles. The van der Waals surface area contributed by atoms with E-state index in [1.165, 1.54) is 12.1 Å². The minimum absolute atomic E-state index is 0.0249. The smallest absolute Gasteiger partial charge is 0.232 e. The molecule has 0 radical (unpaired) electrons. The molecule has 1 aromatic carbocycles. The fraction of sp³-hybridized carbons (Fsp3) is 0.538. The van der Waals surface area contributed by atoms with E-state index in [9.17, 15) is 12.8 Å². The Balaban J connectivity index is 2.41. The number of nitrogens with one attached hydrogen (secondary N) is 2. The van der Waals surface area contributed by atoms with Gasteiger partial charge in [0.25, 0.3) is 0 Å². The number of hydrogen-bond acceptors (Lipinski definition) is 3. The highest BCUT2D eigenvalue weighted by atomic mass is 35.5. The van der Waals surface area contributed by atoms with E-state index in [1.807, 2.05) is 0 Å². The average Bonchev–Trinajstić information content (AvgIpc) is 2.37. The molecule has 2 N–H and O–H groups in total. The summed E-state index contributed by atoms with van der Waals surface area (Å²) < 4.78 is 39.3. The number of sulfonamides is 1. The molecule has 0 aliphatic carbocycles. The Labute approximate surface area is 124 Å². The molecule has 0 heterocycles. The third kappa shape index (κ3) is 6.54. The maximum atomic E-state index is 13.5. The van der Waals surface area contributed by atoms with Crippen molar-refractivity contribution in [3.8, 4) is 0 Å². The largest absolute Gasteiger partial charge is 0.317 e. The quantitative estimate of drug-likeness (QED) is 0.687. The van der Waals surface area contributed by atoms with Crippen LogP contribution in [0.5, 0.6) is 0 Å². The van der Waals surface area contributed by atoms with E-state index in [2.05, 4.69) is 17.0 Å². The van der Waals surface area contributed by atoms with Gasteiger partial charge in [-0.3, -0.25) is 4.72 Å². The molecule has 1 aromatic rings. The van der Waals surface area contributed by atoms with Gasteiger partial charge >= 0.3 is 0 Å². The molecular weight excluding hydrogens is 303 g/mol. The number of hydrogen-bond donors (Lipinski definition) is 2. The van der Waals surface area contributed by atoms with Crippen LogP contribution in [-0.4, -0.2) is 27.3 Å². The van der Waals surface area contributed by atoms with Gasteiger partial charge in [-0.2, -0.15) is 0 Å². The third-order valence-corrected chi connectivity index (χ3v) is 4.23. The minimum atomic E-state index is -3.52. The summed E-state index contributed by atoms with van der Waals surface area (Å²) in [5, 5.41) is 3.43. The van der Waals surface area contributed by atoms with Gasteiger partial charge in [0.2, 0.25) is 10.0 Å². The molecule has 7 heteroatoms. The zero-order valence-electron chi connectivity index (χ0n) is 11.5. The van der Waals surface area contributed by atoms with Crippen molar-refractivity contribution >= 4 is 27.3 Å². The first-order valence-corrected chi connectivity index (χ1v) is 8.64. The normalized spacial score (nSPS) is 11.6. The Morgan fingerprint density at radius 1 is 1.25 bits per heavy atom. The summed E-state index contributed by atoms with van der Waals surface area (Å²) in [6, 6.07) is 3.84. The van der Waals surface area contributed by atoms with E-state index < -0.39 is 15.8 Å². The topological polar surface area (TPSA) is 58.2 Å². The van der Waals surface area contributed by atoms with Crippen molar-refractivity contribution in [1.29, 1.82) is 0 Å². The number of halogens is 2. The Morgan fingerprint density at radius 3 is 2.65 bits per heavy atom. The number of unbranched alkanes of at least 4 members (excludes halogenated alkanes) is 1. The predicted molar refractivity (Wildman–Crippen MR) is 81.2 cm³/mol. The predicted octanol–water partition coefficient (Wildman–Crippen LogP) is 3.00. The van der Waals surface area contributed by atoms with Crippen LogP contribution in [0.25, 0.3) is 0 Å². The van der Waals surface area contributed by atoms with Gasteiger partial charge < -0.3 is 5.32 Å². The van der Waals surface area contributed by atoms with Crippen molar-refractivity contribution in [2.45, 2.75) is 26.2 Å². The van der Waals surface area contributed by atoms with Gasteiger partial charge in [0.15, 0.2) is 0 Å². The Morgan fingerprint density at radius 2 is 2.00 bits per heavy atom. The van der Waals surface area contributed by atoms with Crippen LogP contribution in [0.3, 0.4) is 0 Å². The monoisotopic (exact) mass is 322 g/mol. The van der Waals surface area contributed by atoms with Gasteiger partial charge in [-0.1, -0.05) is 18.5 Å². The van der Waals surface area contributed by atoms with Crippen LogP contribution in [0.15, 0.2) is 18.2 Å². The molecule has 0 amide bonds. The Hall–Kier alpha value is -0.850. The van der Waals surface area contributed by atoms with Crippen molar-refractivity contribution in [1.82, 2.24) is 5.32 Å². The van der Waals surface area contributed by atoms with Crippen molar-refractivity contribution < 1.29 is 12.8 Å². The van der Waals surface area contributed by atoms with Gasteiger partial charge in [0.05, 0.1) is 11.4 Å². The summed E-state index contributed by atoms with van der Waals surface area (Å²) >= 11 is 5.61. The average molecular weight is 323 g/mol. The maximum Gasteiger partial charge on any atom is 0.232 e. The minimum Gasteiger partial charge on any atom is -0.317 e. The van der Waals surface area contributed by atoms with E-state index >= 15 is 0 Å². The molecule has 114 valence electrons. The maximum absolute atomic E-state index is 13.5. The molecule has 0 aliphatic heterocycles. The summed E-state index contributed by atoms with van der Waals surface area (Å²) in [4.78, 5) is 0. The van der Waals surface area contributed by atoms with E-state index in [0.717, 1.165) is 32.0 Å². The Bertz CT molecular complexity index is 523. The highest BCUT2D eigenvalue weighted by Crippen LogP contribution is 2.20. The van der Waals surface area contributed by atoms with Gasteiger partial charge in [0.1, 0.15) is 5.82 Å². The van der Waals surface area contributed by atoms with Gasteiger partial charge in [0, 0.05) is 5.02 Å². The van der Waals surface area contributed by atoms with Crippen LogP contribution in [0.4, 0.5) is 10.1 Å². The summed E-state index contributed by atoms with van der Waals surface area (Å²) in [6.07, 6.45) is 2.35. The highest BCUT2D eigenvalue weighted by molar-refractivity contribution is 7.92. The lowest BCUT2D eigenvalue weighted by Crippen LogP contribution is -2.20. The van der Waals surface area contributed by atoms with Crippen LogP contribution in [0.2, 0.25) is 5.02 Å². The molecule has 0 fully saturated rings. The molecule has 0 aliphatic rings. The standard InChI is InChI=1S/C13H20ClFN2O2S/c1-2-7-16-8-3-4-9-20(18,19)17-13-6-5-11(14)10-12(13)15/h5-6,10,16-17H,2-4,7-9H2,1H3. The van der Waals surface area contributed by atoms with Crippen LogP contribution in [0, 0.1) is 5.82 Å². The summed E-state index contributed by atoms with van der Waals surface area (Å²) in [5.74, 6) is -0.700. The molecule has 0 aromatic heterocycles. The van der Waals surface area contributed by atoms with Crippen LogP contribution >= 0.6 is 11.6 Å². The summed E-state index contributed by atoms with van der Waals surface area (Å²) in [5.41, 5.74) is -0.0708. The first-order chi connectivity index (χ1) is 9.44. The van der Waals surface area contributed by atoms with Crippen molar-refractivity contribution in [3.05, 3.63) is 29.0 Å². The van der Waals surface area contributed by atoms with Crippen molar-refractivity contribution in [3.63, 3.8) is 0 Å². The molecule has 0 spiro atoms. The lowest BCUT2D eigenvalue weighted by molar-refractivity contribution is 0.588. The lowest BCUT2D eigenvalue weighted by Gasteiger charge is -2.09. The zero-order chi connectivity index (χ0) is 15.0. The Kier molecular flexibility index (Phi) is 7.26. The fourth-order valence-corrected chi connectivity index (χ4v) is 2.98. The van der Waals surface area contributed by atoms with Crippen molar-refractivity contribution in [2.75, 3.05) is 23.6 Å². The second-order valence-corrected chi connectivity index (χ2v) is 6.78. The summed E-state index contributed by atoms with van der Waals surface area (Å²) in [6.45, 7) is 3.79. The zero-order valence-corrected chi connectivity index (χ0v) is 13.0. The second kappa shape index (κ2) is 8.44. The second-order valence-electron chi connectivity index (χ2n) is 4.50. The van der Waals surface area contributed by atoms with Crippen LogP contribution in [-0.2, 0) is 10.0 Å². The van der Waals surface area contributed by atoms with Gasteiger partial charge in [-0.25, -0.2) is 12.8 Å². The molecule has 0 unspecified atom stereocenters. The number of benzene rings is 1.